The summed E-state index contributed by atoms with van der Waals surface area (Å²) >= 11 is 0. The van der Waals surface area contributed by atoms with Gasteiger partial charge < -0.3 is 53.8 Å². The fraction of sp³-hybridized carbons (Fsp3) is 0.444. The van der Waals surface area contributed by atoms with E-state index in [9.17, 15) is 28.2 Å². The van der Waals surface area contributed by atoms with Crippen molar-refractivity contribution in [1.29, 1.82) is 0 Å². The average Bonchev–Trinajstić information content (AvgIpc) is 2.93. The lowest BCUT2D eigenvalue weighted by Gasteiger charge is -2.47. The first-order valence-electron chi connectivity index (χ1n) is 14.1. The van der Waals surface area contributed by atoms with E-state index in [1.165, 1.54) is 12.1 Å². The van der Waals surface area contributed by atoms with Crippen LogP contribution < -0.4 is 44.0 Å². The standard InChI is InChI=1S/C27H36F3N11O4/c28-27(29,30)45-18-2-4-21(42)19(8-18)23(44)36-20-3-1-13(5-22(20)43)26(41-11-16(33)7-17(34)12-41)38-24(35)37-25(39-26)40-9-14(31)6-15(32)10-40/h1-5,8,14-17,42-43H,6-7,9-12,31-34H2,(H,36,44)(H3,35,37,38,39)/t14-,15+,16-,17+,26?. The Morgan fingerprint density at radius 2 is 1.56 bits per heavy atom. The maximum Gasteiger partial charge on any atom is 0.573 e. The Kier molecular flexibility index (Phi) is 8.69. The number of anilines is 1. The number of guanidine groups is 2. The summed E-state index contributed by atoms with van der Waals surface area (Å²) in [6.45, 7) is 1.55. The minimum atomic E-state index is -5.01. The normalized spacial score (nSPS) is 27.7. The molecule has 3 aliphatic heterocycles. The maximum atomic E-state index is 12.9. The molecule has 2 aromatic rings. The summed E-state index contributed by atoms with van der Waals surface area (Å²) < 4.78 is 41.9. The lowest BCUT2D eigenvalue weighted by atomic mass is 9.97. The van der Waals surface area contributed by atoms with Crippen LogP contribution >= 0.6 is 0 Å². The van der Waals surface area contributed by atoms with Gasteiger partial charge in [-0.25, -0.2) is 9.98 Å². The molecule has 45 heavy (non-hydrogen) atoms. The van der Waals surface area contributed by atoms with Gasteiger partial charge in [0.15, 0.2) is 5.96 Å². The van der Waals surface area contributed by atoms with E-state index in [2.05, 4.69) is 20.4 Å². The molecule has 3 aliphatic rings. The van der Waals surface area contributed by atoms with E-state index in [1.54, 1.807) is 6.07 Å². The highest BCUT2D eigenvalue weighted by Crippen LogP contribution is 2.39. The monoisotopic (exact) mass is 635 g/mol. The minimum absolute atomic E-state index is 0.0220. The average molecular weight is 636 g/mol. The topological polar surface area (TPSA) is 252 Å². The first kappa shape index (κ1) is 32.0. The van der Waals surface area contributed by atoms with Gasteiger partial charge in [0.25, 0.3) is 5.91 Å². The van der Waals surface area contributed by atoms with Crippen molar-refractivity contribution in [3.05, 3.63) is 47.5 Å². The number of ether oxygens (including phenoxy) is 1. The lowest BCUT2D eigenvalue weighted by Crippen LogP contribution is -2.64. The van der Waals surface area contributed by atoms with Crippen LogP contribution in [0.25, 0.3) is 0 Å². The predicted molar refractivity (Wildman–Crippen MR) is 159 cm³/mol. The Labute approximate surface area is 255 Å². The summed E-state index contributed by atoms with van der Waals surface area (Å²) in [7, 11) is 0. The molecule has 2 fully saturated rings. The Bertz CT molecular complexity index is 1490. The molecular formula is C27H36F3N11O4. The Hall–Kier alpha value is -4.36. The fourth-order valence-electron chi connectivity index (χ4n) is 5.83. The molecule has 1 unspecified atom stereocenters. The zero-order valence-electron chi connectivity index (χ0n) is 24.0. The van der Waals surface area contributed by atoms with Crippen molar-refractivity contribution < 1.29 is 32.9 Å². The highest BCUT2D eigenvalue weighted by molar-refractivity contribution is 6.07. The largest absolute Gasteiger partial charge is 0.573 e. The number of nitrogens with two attached hydrogens (primary N) is 5. The lowest BCUT2D eigenvalue weighted by molar-refractivity contribution is -0.274. The molecular weight excluding hydrogens is 599 g/mol. The number of carbonyl (C=O) groups excluding carboxylic acids is 1. The number of benzene rings is 2. The SMILES string of the molecule is NC1=NC(c2ccc(NC(=O)c3cc(OC(F)(F)F)ccc3O)c(O)c2)(N2C[C@H](N)C[C@H](N)C2)N=C(N2C[C@H](N)C[C@H](N)C2)N1. The van der Waals surface area contributed by atoms with Crippen molar-refractivity contribution >= 4 is 23.5 Å². The number of nitrogens with zero attached hydrogens (tertiary/aromatic N) is 4. The number of hydrogen-bond acceptors (Lipinski definition) is 14. The third-order valence-corrected chi connectivity index (χ3v) is 7.63. The molecule has 244 valence electrons. The number of likely N-dealkylation sites (tertiary alicyclic amines) is 2. The quantitative estimate of drug-likeness (QED) is 0.186. The number of hydrogen-bond donors (Lipinski definition) is 9. The van der Waals surface area contributed by atoms with Crippen LogP contribution in [0.1, 0.15) is 28.8 Å². The first-order valence-corrected chi connectivity index (χ1v) is 14.1. The van der Waals surface area contributed by atoms with Gasteiger partial charge in [0.2, 0.25) is 11.7 Å². The molecule has 5 rings (SSSR count). The predicted octanol–water partition coefficient (Wildman–Crippen LogP) is -0.646. The maximum absolute atomic E-state index is 12.9. The van der Waals surface area contributed by atoms with Crippen LogP contribution in [0.5, 0.6) is 17.2 Å². The Balaban J connectivity index is 1.50. The summed E-state index contributed by atoms with van der Waals surface area (Å²) in [6, 6.07) is 5.63. The molecule has 15 nitrogen and oxygen atoms in total. The van der Waals surface area contributed by atoms with Crippen molar-refractivity contribution in [3.8, 4) is 17.2 Å². The van der Waals surface area contributed by atoms with Gasteiger partial charge in [0.1, 0.15) is 17.2 Å². The highest BCUT2D eigenvalue weighted by atomic mass is 19.4. The summed E-state index contributed by atoms with van der Waals surface area (Å²) in [4.78, 5) is 26.3. The van der Waals surface area contributed by atoms with Crippen molar-refractivity contribution in [2.45, 2.75) is 49.2 Å². The van der Waals surface area contributed by atoms with Crippen LogP contribution in [0.2, 0.25) is 0 Å². The smallest absolute Gasteiger partial charge is 0.507 e. The molecule has 2 saturated heterocycles. The van der Waals surface area contributed by atoms with Crippen LogP contribution in [0.15, 0.2) is 46.4 Å². The van der Waals surface area contributed by atoms with Gasteiger partial charge >= 0.3 is 6.36 Å². The second-order valence-electron chi connectivity index (χ2n) is 11.4. The van der Waals surface area contributed by atoms with Gasteiger partial charge in [0.05, 0.1) is 11.3 Å². The number of nitrogens with one attached hydrogen (secondary N) is 2. The molecule has 0 saturated carbocycles. The zero-order chi connectivity index (χ0) is 32.7. The fourth-order valence-corrected chi connectivity index (χ4v) is 5.83. The molecule has 18 heteroatoms. The number of amides is 1. The summed E-state index contributed by atoms with van der Waals surface area (Å²) in [5.41, 5.74) is 31.1. The highest BCUT2D eigenvalue weighted by Gasteiger charge is 2.46. The first-order chi connectivity index (χ1) is 21.1. The number of rotatable bonds is 5. The third-order valence-electron chi connectivity index (χ3n) is 7.63. The number of carbonyl (C=O) groups is 1. The van der Waals surface area contributed by atoms with E-state index in [-0.39, 0.29) is 35.8 Å². The minimum Gasteiger partial charge on any atom is -0.507 e. The Morgan fingerprint density at radius 1 is 0.933 bits per heavy atom. The van der Waals surface area contributed by atoms with Crippen LogP contribution in [-0.4, -0.2) is 94.5 Å². The van der Waals surface area contributed by atoms with Crippen LogP contribution in [0.3, 0.4) is 0 Å². The second kappa shape index (κ2) is 12.2. The molecule has 3 heterocycles. The van der Waals surface area contributed by atoms with E-state index in [4.69, 9.17) is 33.7 Å². The van der Waals surface area contributed by atoms with Gasteiger partial charge in [-0.2, -0.15) is 0 Å². The van der Waals surface area contributed by atoms with E-state index >= 15 is 0 Å². The summed E-state index contributed by atoms with van der Waals surface area (Å²) in [5.74, 6) is -3.92. The number of aromatic hydroxyl groups is 2. The van der Waals surface area contributed by atoms with Gasteiger partial charge in [-0.3, -0.25) is 15.0 Å². The molecule has 0 bridgehead atoms. The number of aliphatic imine (C=N–C) groups is 2. The van der Waals surface area contributed by atoms with Gasteiger partial charge in [0, 0.05) is 55.9 Å². The van der Waals surface area contributed by atoms with Crippen molar-refractivity contribution in [2.75, 3.05) is 31.5 Å². The van der Waals surface area contributed by atoms with E-state index < -0.39 is 40.9 Å². The molecule has 0 aliphatic carbocycles. The van der Waals surface area contributed by atoms with Crippen molar-refractivity contribution in [1.82, 2.24) is 15.1 Å². The number of phenolic OH excluding ortho intramolecular Hbond substituents is 2. The zero-order valence-corrected chi connectivity index (χ0v) is 24.0. The molecule has 0 aromatic heterocycles. The van der Waals surface area contributed by atoms with E-state index in [1.807, 2.05) is 9.80 Å². The summed E-state index contributed by atoms with van der Waals surface area (Å²) in [6.07, 6.45) is -3.81. The van der Waals surface area contributed by atoms with Crippen molar-refractivity contribution in [3.63, 3.8) is 0 Å². The van der Waals surface area contributed by atoms with Crippen molar-refractivity contribution in [2.24, 2.45) is 38.7 Å². The third kappa shape index (κ3) is 7.15. The van der Waals surface area contributed by atoms with Gasteiger partial charge in [-0.1, -0.05) is 6.07 Å². The molecule has 5 atom stereocenters. The van der Waals surface area contributed by atoms with Crippen LogP contribution in [-0.2, 0) is 5.79 Å². The Morgan fingerprint density at radius 3 is 2.16 bits per heavy atom. The molecule has 0 spiro atoms. The number of phenols is 2. The van der Waals surface area contributed by atoms with E-state index in [0.717, 1.165) is 18.2 Å². The summed E-state index contributed by atoms with van der Waals surface area (Å²) in [5, 5.41) is 26.6. The van der Waals surface area contributed by atoms with Gasteiger partial charge in [-0.05, 0) is 43.2 Å². The van der Waals surface area contributed by atoms with Crippen LogP contribution in [0, 0.1) is 0 Å². The number of piperidine rings is 2. The number of alkyl halides is 3. The van der Waals surface area contributed by atoms with Crippen LogP contribution in [0.4, 0.5) is 18.9 Å². The van der Waals surface area contributed by atoms with Gasteiger partial charge in [-0.15, -0.1) is 13.2 Å². The molecule has 0 radical (unpaired) electrons. The second-order valence-corrected chi connectivity index (χ2v) is 11.4. The molecule has 2 aromatic carbocycles. The molecule has 14 N–H and O–H groups in total. The molecule has 1 amide bonds. The number of halogens is 3. The van der Waals surface area contributed by atoms with E-state index in [0.29, 0.717) is 50.5 Å².